The molecule has 1 aromatic rings. The zero-order chi connectivity index (χ0) is 9.97. The van der Waals surface area contributed by atoms with E-state index >= 15 is 0 Å². The van der Waals surface area contributed by atoms with Crippen LogP contribution >= 0.6 is 0 Å². The van der Waals surface area contributed by atoms with Gasteiger partial charge in [0.15, 0.2) is 0 Å². The zero-order valence-electron chi connectivity index (χ0n) is 7.85. The second kappa shape index (κ2) is 3.69. The van der Waals surface area contributed by atoms with E-state index in [2.05, 4.69) is 11.0 Å². The third-order valence-corrected chi connectivity index (χ3v) is 2.52. The van der Waals surface area contributed by atoms with Crippen molar-refractivity contribution in [1.29, 1.82) is 5.26 Å². The molecule has 2 rings (SSSR count). The summed E-state index contributed by atoms with van der Waals surface area (Å²) >= 11 is 0. The van der Waals surface area contributed by atoms with Crippen molar-refractivity contribution in [3.8, 4) is 6.07 Å². The lowest BCUT2D eigenvalue weighted by Crippen LogP contribution is -2.20. The van der Waals surface area contributed by atoms with Crippen LogP contribution in [-0.2, 0) is 0 Å². The number of benzene rings is 1. The Morgan fingerprint density at radius 2 is 2.07 bits per heavy atom. The number of hydrogen-bond donors (Lipinski definition) is 1. The molecule has 1 aliphatic rings. The van der Waals surface area contributed by atoms with Gasteiger partial charge in [0.1, 0.15) is 0 Å². The van der Waals surface area contributed by atoms with Gasteiger partial charge in [-0.3, -0.25) is 0 Å². The Hall–Kier alpha value is -1.53. The highest BCUT2D eigenvalue weighted by Gasteiger charge is 2.19. The molecule has 0 amide bonds. The summed E-state index contributed by atoms with van der Waals surface area (Å²) in [6, 6.07) is 9.55. The van der Waals surface area contributed by atoms with E-state index < -0.39 is 0 Å². The van der Waals surface area contributed by atoms with Gasteiger partial charge in [0.2, 0.25) is 0 Å². The van der Waals surface area contributed by atoms with E-state index in [0.717, 1.165) is 18.7 Å². The van der Waals surface area contributed by atoms with Crippen LogP contribution in [0.4, 0.5) is 5.69 Å². The number of anilines is 1. The van der Waals surface area contributed by atoms with E-state index in [4.69, 9.17) is 5.26 Å². The maximum atomic E-state index is 9.37. The minimum Gasteiger partial charge on any atom is -0.391 e. The maximum absolute atomic E-state index is 9.37. The normalized spacial score (nSPS) is 20.9. The van der Waals surface area contributed by atoms with Crippen molar-refractivity contribution in [2.45, 2.75) is 12.5 Å². The van der Waals surface area contributed by atoms with Crippen molar-refractivity contribution >= 4 is 5.69 Å². The lowest BCUT2D eigenvalue weighted by molar-refractivity contribution is 0.198. The summed E-state index contributed by atoms with van der Waals surface area (Å²) in [4.78, 5) is 2.13. The van der Waals surface area contributed by atoms with Crippen molar-refractivity contribution in [3.63, 3.8) is 0 Å². The summed E-state index contributed by atoms with van der Waals surface area (Å²) in [5, 5.41) is 18.0. The molecular weight excluding hydrogens is 176 g/mol. The molecule has 1 saturated heterocycles. The van der Waals surface area contributed by atoms with Gasteiger partial charge in [-0.25, -0.2) is 0 Å². The molecule has 0 aromatic heterocycles. The predicted octanol–water partition coefficient (Wildman–Crippen LogP) is 1.13. The SMILES string of the molecule is N#Cc1ccc(N2CCC(O)C2)cc1. The molecule has 3 heteroatoms. The molecule has 1 heterocycles. The largest absolute Gasteiger partial charge is 0.391 e. The van der Waals surface area contributed by atoms with Crippen LogP contribution < -0.4 is 4.90 Å². The van der Waals surface area contributed by atoms with E-state index in [0.29, 0.717) is 12.1 Å². The highest BCUT2D eigenvalue weighted by Crippen LogP contribution is 2.20. The average molecular weight is 188 g/mol. The summed E-state index contributed by atoms with van der Waals surface area (Å²) in [5.41, 5.74) is 1.76. The topological polar surface area (TPSA) is 47.3 Å². The van der Waals surface area contributed by atoms with Crippen LogP contribution in [0.2, 0.25) is 0 Å². The number of rotatable bonds is 1. The second-order valence-corrected chi connectivity index (χ2v) is 3.55. The quantitative estimate of drug-likeness (QED) is 0.718. The molecule has 1 fully saturated rings. The van der Waals surface area contributed by atoms with Crippen molar-refractivity contribution in [2.24, 2.45) is 0 Å². The molecule has 0 saturated carbocycles. The number of nitrogens with zero attached hydrogens (tertiary/aromatic N) is 2. The Labute approximate surface area is 83.2 Å². The zero-order valence-corrected chi connectivity index (χ0v) is 7.85. The Morgan fingerprint density at radius 3 is 2.57 bits per heavy atom. The molecule has 1 aromatic carbocycles. The summed E-state index contributed by atoms with van der Waals surface area (Å²) in [7, 11) is 0. The van der Waals surface area contributed by atoms with Gasteiger partial charge < -0.3 is 10.0 Å². The molecular formula is C11H12N2O. The van der Waals surface area contributed by atoms with Crippen LogP contribution in [0.25, 0.3) is 0 Å². The summed E-state index contributed by atoms with van der Waals surface area (Å²) < 4.78 is 0. The first-order valence-electron chi connectivity index (χ1n) is 4.73. The van der Waals surface area contributed by atoms with Crippen molar-refractivity contribution in [3.05, 3.63) is 29.8 Å². The van der Waals surface area contributed by atoms with Gasteiger partial charge in [0, 0.05) is 18.8 Å². The van der Waals surface area contributed by atoms with Gasteiger partial charge in [-0.05, 0) is 30.7 Å². The lowest BCUT2D eigenvalue weighted by atomic mass is 10.2. The van der Waals surface area contributed by atoms with Crippen LogP contribution in [0.15, 0.2) is 24.3 Å². The highest BCUT2D eigenvalue weighted by molar-refractivity contribution is 5.50. The molecule has 0 aliphatic carbocycles. The first kappa shape index (κ1) is 9.04. The Bertz CT molecular complexity index is 353. The first-order valence-corrected chi connectivity index (χ1v) is 4.73. The van der Waals surface area contributed by atoms with Crippen molar-refractivity contribution < 1.29 is 5.11 Å². The van der Waals surface area contributed by atoms with E-state index in [9.17, 15) is 5.11 Å². The maximum Gasteiger partial charge on any atom is 0.0991 e. The molecule has 1 unspecified atom stereocenters. The van der Waals surface area contributed by atoms with Gasteiger partial charge in [-0.15, -0.1) is 0 Å². The van der Waals surface area contributed by atoms with Crippen LogP contribution in [0.1, 0.15) is 12.0 Å². The third kappa shape index (κ3) is 1.70. The van der Waals surface area contributed by atoms with E-state index in [-0.39, 0.29) is 6.10 Å². The molecule has 3 nitrogen and oxygen atoms in total. The Morgan fingerprint density at radius 1 is 1.36 bits per heavy atom. The molecule has 1 aliphatic heterocycles. The van der Waals surface area contributed by atoms with Gasteiger partial charge in [-0.2, -0.15) is 5.26 Å². The van der Waals surface area contributed by atoms with Crippen molar-refractivity contribution in [2.75, 3.05) is 18.0 Å². The minimum absolute atomic E-state index is 0.203. The summed E-state index contributed by atoms with van der Waals surface area (Å²) in [5.74, 6) is 0. The fraction of sp³-hybridized carbons (Fsp3) is 0.364. The van der Waals surface area contributed by atoms with Crippen LogP contribution in [0, 0.1) is 11.3 Å². The standard InChI is InChI=1S/C11H12N2O/c12-7-9-1-3-10(4-2-9)13-6-5-11(14)8-13/h1-4,11,14H,5-6,8H2. The molecule has 72 valence electrons. The number of nitriles is 1. The summed E-state index contributed by atoms with van der Waals surface area (Å²) in [6.45, 7) is 1.60. The number of aliphatic hydroxyl groups is 1. The van der Waals surface area contributed by atoms with Crippen LogP contribution in [-0.4, -0.2) is 24.3 Å². The molecule has 14 heavy (non-hydrogen) atoms. The Balaban J connectivity index is 2.14. The Kier molecular flexibility index (Phi) is 2.38. The lowest BCUT2D eigenvalue weighted by Gasteiger charge is -2.17. The van der Waals surface area contributed by atoms with Gasteiger partial charge in [-0.1, -0.05) is 0 Å². The molecule has 0 radical (unpaired) electrons. The summed E-state index contributed by atoms with van der Waals surface area (Å²) in [6.07, 6.45) is 0.630. The number of β-amino-alcohol motifs (C(OH)–C–C–N with tert-alkyl or cyclic N) is 1. The average Bonchev–Trinajstić information content (AvgIpc) is 2.65. The van der Waals surface area contributed by atoms with Gasteiger partial charge >= 0.3 is 0 Å². The van der Waals surface area contributed by atoms with Gasteiger partial charge in [0.05, 0.1) is 17.7 Å². The van der Waals surface area contributed by atoms with Crippen LogP contribution in [0.3, 0.4) is 0 Å². The molecule has 1 atom stereocenters. The highest BCUT2D eigenvalue weighted by atomic mass is 16.3. The second-order valence-electron chi connectivity index (χ2n) is 3.55. The fourth-order valence-corrected chi connectivity index (χ4v) is 1.72. The van der Waals surface area contributed by atoms with E-state index in [1.54, 1.807) is 12.1 Å². The van der Waals surface area contributed by atoms with E-state index in [1.165, 1.54) is 0 Å². The fourth-order valence-electron chi connectivity index (χ4n) is 1.72. The minimum atomic E-state index is -0.203. The monoisotopic (exact) mass is 188 g/mol. The number of aliphatic hydroxyl groups excluding tert-OH is 1. The van der Waals surface area contributed by atoms with Crippen molar-refractivity contribution in [1.82, 2.24) is 0 Å². The van der Waals surface area contributed by atoms with E-state index in [1.807, 2.05) is 12.1 Å². The molecule has 1 N–H and O–H groups in total. The predicted molar refractivity (Wildman–Crippen MR) is 54.0 cm³/mol. The smallest absolute Gasteiger partial charge is 0.0991 e. The van der Waals surface area contributed by atoms with Crippen LogP contribution in [0.5, 0.6) is 0 Å². The third-order valence-electron chi connectivity index (χ3n) is 2.52. The van der Waals surface area contributed by atoms with Gasteiger partial charge in [0.25, 0.3) is 0 Å². The number of hydrogen-bond acceptors (Lipinski definition) is 3. The molecule has 0 bridgehead atoms. The molecule has 0 spiro atoms. The first-order chi connectivity index (χ1) is 6.79.